The first-order valence-corrected chi connectivity index (χ1v) is 5.21. The zero-order chi connectivity index (χ0) is 9.14. The van der Waals surface area contributed by atoms with Crippen molar-refractivity contribution in [1.82, 2.24) is 0 Å². The molecule has 1 aromatic rings. The number of nitrogens with zero attached hydrogens (tertiary/aromatic N) is 1. The van der Waals surface area contributed by atoms with Crippen LogP contribution in [0.25, 0.3) is 0 Å². The Kier molecular flexibility index (Phi) is 2.85. The molecule has 2 nitrogen and oxygen atoms in total. The van der Waals surface area contributed by atoms with E-state index in [1.54, 1.807) is 25.1 Å². The Balaban J connectivity index is 3.23. The third kappa shape index (κ3) is 1.84. The standard InChI is InChI=1S/C8H6ClNOS/c1-6-4-7(5-10)2-3-8(6)12(9)11/h2-4H,1H3. The van der Waals surface area contributed by atoms with Crippen molar-refractivity contribution in [1.29, 1.82) is 5.26 Å². The number of halogens is 1. The summed E-state index contributed by atoms with van der Waals surface area (Å²) in [6.45, 7) is 1.77. The van der Waals surface area contributed by atoms with Gasteiger partial charge in [-0.05, 0) is 41.4 Å². The summed E-state index contributed by atoms with van der Waals surface area (Å²) in [7, 11) is 3.91. The molecule has 0 aliphatic heterocycles. The molecule has 0 N–H and O–H groups in total. The van der Waals surface area contributed by atoms with Gasteiger partial charge in [0.15, 0.2) is 0 Å². The van der Waals surface area contributed by atoms with Crippen LogP contribution in [0.1, 0.15) is 11.1 Å². The monoisotopic (exact) mass is 199 g/mol. The van der Waals surface area contributed by atoms with E-state index in [9.17, 15) is 4.21 Å². The fourth-order valence-electron chi connectivity index (χ4n) is 0.899. The Hall–Kier alpha value is -0.850. The molecular weight excluding hydrogens is 194 g/mol. The van der Waals surface area contributed by atoms with Crippen molar-refractivity contribution in [3.05, 3.63) is 29.3 Å². The van der Waals surface area contributed by atoms with E-state index in [2.05, 4.69) is 0 Å². The van der Waals surface area contributed by atoms with E-state index in [0.29, 0.717) is 10.5 Å². The molecule has 0 bridgehead atoms. The van der Waals surface area contributed by atoms with Crippen LogP contribution in [0, 0.1) is 18.3 Å². The lowest BCUT2D eigenvalue weighted by molar-refractivity contribution is 0.691. The highest BCUT2D eigenvalue weighted by Crippen LogP contribution is 2.16. The van der Waals surface area contributed by atoms with E-state index in [0.717, 1.165) is 5.56 Å². The molecule has 0 saturated carbocycles. The van der Waals surface area contributed by atoms with E-state index in [4.69, 9.17) is 15.9 Å². The summed E-state index contributed by atoms with van der Waals surface area (Å²) < 4.78 is 10.9. The Bertz CT molecular complexity index is 370. The summed E-state index contributed by atoms with van der Waals surface area (Å²) in [5, 5.41) is 8.53. The van der Waals surface area contributed by atoms with E-state index in [1.807, 2.05) is 6.07 Å². The van der Waals surface area contributed by atoms with Gasteiger partial charge in [-0.25, -0.2) is 4.21 Å². The fourth-order valence-corrected chi connectivity index (χ4v) is 1.91. The lowest BCUT2D eigenvalue weighted by Crippen LogP contribution is -1.87. The molecule has 62 valence electrons. The van der Waals surface area contributed by atoms with Crippen LogP contribution in [-0.2, 0) is 10.0 Å². The Morgan fingerprint density at radius 3 is 2.67 bits per heavy atom. The van der Waals surface area contributed by atoms with Gasteiger partial charge in [-0.1, -0.05) is 0 Å². The van der Waals surface area contributed by atoms with E-state index in [-0.39, 0.29) is 0 Å². The van der Waals surface area contributed by atoms with Gasteiger partial charge in [-0.15, -0.1) is 0 Å². The minimum absolute atomic E-state index is 0.554. The second-order valence-electron chi connectivity index (χ2n) is 2.32. The number of aryl methyl sites for hydroxylation is 1. The molecule has 4 heteroatoms. The molecule has 0 spiro atoms. The van der Waals surface area contributed by atoms with Crippen LogP contribution < -0.4 is 0 Å². The predicted octanol–water partition coefficient (Wildman–Crippen LogP) is 2.13. The van der Waals surface area contributed by atoms with Crippen LogP contribution in [0.2, 0.25) is 0 Å². The molecule has 0 aliphatic rings. The first kappa shape index (κ1) is 9.24. The van der Waals surface area contributed by atoms with Crippen molar-refractivity contribution >= 4 is 20.7 Å². The van der Waals surface area contributed by atoms with Crippen molar-refractivity contribution in [2.75, 3.05) is 0 Å². The molecule has 0 saturated heterocycles. The zero-order valence-corrected chi connectivity index (χ0v) is 7.95. The van der Waals surface area contributed by atoms with Crippen LogP contribution in [0.15, 0.2) is 23.1 Å². The molecule has 1 aromatic carbocycles. The average Bonchev–Trinajstić information content (AvgIpc) is 2.03. The number of hydrogen-bond donors (Lipinski definition) is 0. The van der Waals surface area contributed by atoms with Gasteiger partial charge in [0.2, 0.25) is 0 Å². The maximum absolute atomic E-state index is 10.9. The average molecular weight is 200 g/mol. The van der Waals surface area contributed by atoms with Crippen LogP contribution >= 0.6 is 10.7 Å². The summed E-state index contributed by atoms with van der Waals surface area (Å²) in [5.74, 6) is 0. The highest BCUT2D eigenvalue weighted by molar-refractivity contribution is 8.08. The maximum atomic E-state index is 10.9. The maximum Gasteiger partial charge on any atom is 0.147 e. The number of nitriles is 1. The third-order valence-corrected chi connectivity index (χ3v) is 2.78. The molecule has 1 atom stereocenters. The van der Waals surface area contributed by atoms with E-state index >= 15 is 0 Å². The molecule has 1 rings (SSSR count). The topological polar surface area (TPSA) is 40.9 Å². The van der Waals surface area contributed by atoms with Gasteiger partial charge >= 0.3 is 0 Å². The number of hydrogen-bond acceptors (Lipinski definition) is 2. The van der Waals surface area contributed by atoms with Crippen LogP contribution in [0.5, 0.6) is 0 Å². The quantitative estimate of drug-likeness (QED) is 0.651. The van der Waals surface area contributed by atoms with Gasteiger partial charge in [0.1, 0.15) is 10.0 Å². The molecule has 0 radical (unpaired) electrons. The molecule has 0 amide bonds. The summed E-state index contributed by atoms with van der Waals surface area (Å²) in [4.78, 5) is 0.565. The minimum atomic E-state index is -1.49. The van der Waals surface area contributed by atoms with Gasteiger partial charge in [0.25, 0.3) is 0 Å². The molecule has 12 heavy (non-hydrogen) atoms. The van der Waals surface area contributed by atoms with Gasteiger partial charge in [0.05, 0.1) is 16.5 Å². The van der Waals surface area contributed by atoms with Crippen molar-refractivity contribution in [3.63, 3.8) is 0 Å². The first-order chi connectivity index (χ1) is 5.65. The van der Waals surface area contributed by atoms with Crippen molar-refractivity contribution in [2.45, 2.75) is 11.8 Å². The van der Waals surface area contributed by atoms with Gasteiger partial charge in [-0.2, -0.15) is 5.26 Å². The Morgan fingerprint density at radius 2 is 2.25 bits per heavy atom. The summed E-state index contributed by atoms with van der Waals surface area (Å²) >= 11 is 0. The summed E-state index contributed by atoms with van der Waals surface area (Å²) in [5.41, 5.74) is 1.33. The number of rotatable bonds is 1. The first-order valence-electron chi connectivity index (χ1n) is 3.24. The lowest BCUT2D eigenvalue weighted by atomic mass is 10.2. The third-order valence-electron chi connectivity index (χ3n) is 1.48. The van der Waals surface area contributed by atoms with E-state index in [1.165, 1.54) is 0 Å². The zero-order valence-electron chi connectivity index (χ0n) is 6.37. The normalized spacial score (nSPS) is 12.1. The SMILES string of the molecule is Cc1cc(C#N)ccc1S(=O)Cl. The van der Waals surface area contributed by atoms with Crippen LogP contribution in [0.3, 0.4) is 0 Å². The highest BCUT2D eigenvalue weighted by atomic mass is 35.7. The number of benzene rings is 1. The highest BCUT2D eigenvalue weighted by Gasteiger charge is 2.04. The second-order valence-corrected chi connectivity index (χ2v) is 4.04. The minimum Gasteiger partial charge on any atom is -0.237 e. The van der Waals surface area contributed by atoms with Crippen LogP contribution in [-0.4, -0.2) is 4.21 Å². The van der Waals surface area contributed by atoms with Gasteiger partial charge in [0, 0.05) is 0 Å². The van der Waals surface area contributed by atoms with E-state index < -0.39 is 10.0 Å². The Labute approximate surface area is 77.7 Å². The lowest BCUT2D eigenvalue weighted by Gasteiger charge is -1.99. The molecule has 0 heterocycles. The Morgan fingerprint density at radius 1 is 1.58 bits per heavy atom. The van der Waals surface area contributed by atoms with Crippen molar-refractivity contribution < 1.29 is 4.21 Å². The van der Waals surface area contributed by atoms with Gasteiger partial charge < -0.3 is 0 Å². The molecule has 1 unspecified atom stereocenters. The van der Waals surface area contributed by atoms with Crippen LogP contribution in [0.4, 0.5) is 0 Å². The predicted molar refractivity (Wildman–Crippen MR) is 48.2 cm³/mol. The second kappa shape index (κ2) is 3.70. The summed E-state index contributed by atoms with van der Waals surface area (Å²) in [6.07, 6.45) is 0. The molecular formula is C8H6ClNOS. The molecule has 0 aromatic heterocycles. The van der Waals surface area contributed by atoms with Crippen molar-refractivity contribution in [2.24, 2.45) is 0 Å². The summed E-state index contributed by atoms with van der Waals surface area (Å²) in [6, 6.07) is 6.86. The fraction of sp³-hybridized carbons (Fsp3) is 0.125. The molecule has 0 fully saturated rings. The molecule has 0 aliphatic carbocycles. The largest absolute Gasteiger partial charge is 0.237 e. The van der Waals surface area contributed by atoms with Crippen molar-refractivity contribution in [3.8, 4) is 6.07 Å². The van der Waals surface area contributed by atoms with Gasteiger partial charge in [-0.3, -0.25) is 0 Å². The smallest absolute Gasteiger partial charge is 0.147 e.